The number of nitrogens with zero attached hydrogens (tertiary/aromatic N) is 2. The zero-order valence-corrected chi connectivity index (χ0v) is 19.6. The van der Waals surface area contributed by atoms with Crippen LogP contribution < -0.4 is 9.47 Å². The fraction of sp³-hybridized carbons (Fsp3) is 0.321. The third kappa shape index (κ3) is 4.50. The van der Waals surface area contributed by atoms with Gasteiger partial charge in [0.05, 0.1) is 25.3 Å². The minimum Gasteiger partial charge on any atom is -0.493 e. The normalized spacial score (nSPS) is 12.3. The molecule has 1 aromatic heterocycles. The SMILES string of the molecule is COc1ccc(Cn2c([C@@H](C)c3ccc(CC(C)C)cc3)nc3ccccc32)cc1OC. The van der Waals surface area contributed by atoms with Gasteiger partial charge in [-0.2, -0.15) is 0 Å². The summed E-state index contributed by atoms with van der Waals surface area (Å²) in [6.45, 7) is 7.47. The molecule has 0 bridgehead atoms. The summed E-state index contributed by atoms with van der Waals surface area (Å²) in [5, 5.41) is 0. The van der Waals surface area contributed by atoms with Crippen LogP contribution in [-0.4, -0.2) is 23.8 Å². The number of hydrogen-bond donors (Lipinski definition) is 0. The Kier molecular flexibility index (Phi) is 6.50. The van der Waals surface area contributed by atoms with Gasteiger partial charge < -0.3 is 14.0 Å². The van der Waals surface area contributed by atoms with E-state index in [9.17, 15) is 0 Å². The van der Waals surface area contributed by atoms with Gasteiger partial charge in [0, 0.05) is 12.5 Å². The highest BCUT2D eigenvalue weighted by Crippen LogP contribution is 2.31. The Balaban J connectivity index is 1.72. The third-order valence-electron chi connectivity index (χ3n) is 5.98. The molecular formula is C28H32N2O2. The summed E-state index contributed by atoms with van der Waals surface area (Å²) in [7, 11) is 3.33. The van der Waals surface area contributed by atoms with Crippen LogP contribution in [-0.2, 0) is 13.0 Å². The van der Waals surface area contributed by atoms with Crippen LogP contribution >= 0.6 is 0 Å². The molecule has 166 valence electrons. The first kappa shape index (κ1) is 21.9. The van der Waals surface area contributed by atoms with E-state index in [4.69, 9.17) is 14.5 Å². The lowest BCUT2D eigenvalue weighted by atomic mass is 9.96. The van der Waals surface area contributed by atoms with Crippen molar-refractivity contribution >= 4 is 11.0 Å². The molecule has 0 radical (unpaired) electrons. The van der Waals surface area contributed by atoms with Gasteiger partial charge in [0.25, 0.3) is 0 Å². The molecule has 4 heteroatoms. The van der Waals surface area contributed by atoms with Crippen LogP contribution in [0.4, 0.5) is 0 Å². The van der Waals surface area contributed by atoms with Crippen molar-refractivity contribution in [2.24, 2.45) is 5.92 Å². The predicted molar refractivity (Wildman–Crippen MR) is 131 cm³/mol. The summed E-state index contributed by atoms with van der Waals surface area (Å²) in [6, 6.07) is 23.5. The van der Waals surface area contributed by atoms with Crippen LogP contribution in [0.2, 0.25) is 0 Å². The molecule has 4 nitrogen and oxygen atoms in total. The molecule has 0 aliphatic heterocycles. The molecule has 0 aliphatic rings. The standard InChI is InChI=1S/C28H32N2O2/c1-19(2)16-21-10-13-23(14-11-21)20(3)28-29-24-8-6-7-9-25(24)30(28)18-22-12-15-26(31-4)27(17-22)32-5/h6-15,17,19-20H,16,18H2,1-5H3/t20-/m0/s1. The van der Waals surface area contributed by atoms with Crippen molar-refractivity contribution in [3.8, 4) is 11.5 Å². The van der Waals surface area contributed by atoms with Gasteiger partial charge in [0.15, 0.2) is 11.5 Å². The van der Waals surface area contributed by atoms with Gasteiger partial charge in [-0.3, -0.25) is 0 Å². The Morgan fingerprint density at radius 2 is 1.50 bits per heavy atom. The number of ether oxygens (including phenoxy) is 2. The molecule has 0 N–H and O–H groups in total. The lowest BCUT2D eigenvalue weighted by molar-refractivity contribution is 0.354. The molecule has 4 rings (SSSR count). The van der Waals surface area contributed by atoms with Crippen molar-refractivity contribution in [2.45, 2.75) is 39.7 Å². The van der Waals surface area contributed by atoms with Gasteiger partial charge in [-0.05, 0) is 53.3 Å². The maximum atomic E-state index is 5.52. The van der Waals surface area contributed by atoms with Gasteiger partial charge in [-0.25, -0.2) is 4.98 Å². The monoisotopic (exact) mass is 428 g/mol. The van der Waals surface area contributed by atoms with Crippen molar-refractivity contribution in [1.29, 1.82) is 0 Å². The zero-order chi connectivity index (χ0) is 22.7. The van der Waals surface area contributed by atoms with Crippen molar-refractivity contribution < 1.29 is 9.47 Å². The van der Waals surface area contributed by atoms with E-state index in [-0.39, 0.29) is 5.92 Å². The van der Waals surface area contributed by atoms with Gasteiger partial charge in [-0.1, -0.05) is 63.2 Å². The molecule has 0 aliphatic carbocycles. The smallest absolute Gasteiger partial charge is 0.161 e. The minimum atomic E-state index is 0.177. The number of benzene rings is 3. The molecular weight excluding hydrogens is 396 g/mol. The van der Waals surface area contributed by atoms with Crippen molar-refractivity contribution in [1.82, 2.24) is 9.55 Å². The first-order chi connectivity index (χ1) is 15.5. The number of methoxy groups -OCH3 is 2. The van der Waals surface area contributed by atoms with E-state index < -0.39 is 0 Å². The second kappa shape index (κ2) is 9.47. The second-order valence-electron chi connectivity index (χ2n) is 8.80. The van der Waals surface area contributed by atoms with Gasteiger partial charge >= 0.3 is 0 Å². The van der Waals surface area contributed by atoms with Crippen LogP contribution in [0.5, 0.6) is 11.5 Å². The lowest BCUT2D eigenvalue weighted by Gasteiger charge is -2.17. The summed E-state index contributed by atoms with van der Waals surface area (Å²) < 4.78 is 13.2. The fourth-order valence-electron chi connectivity index (χ4n) is 4.32. The number of para-hydroxylation sites is 2. The Bertz CT molecular complexity index is 1190. The van der Waals surface area contributed by atoms with E-state index >= 15 is 0 Å². The zero-order valence-electron chi connectivity index (χ0n) is 19.6. The Morgan fingerprint density at radius 1 is 0.812 bits per heavy atom. The Hall–Kier alpha value is -3.27. The van der Waals surface area contributed by atoms with E-state index in [2.05, 4.69) is 73.9 Å². The van der Waals surface area contributed by atoms with Crippen molar-refractivity contribution in [3.63, 3.8) is 0 Å². The van der Waals surface area contributed by atoms with Crippen LogP contribution in [0.1, 0.15) is 49.2 Å². The van der Waals surface area contributed by atoms with Crippen LogP contribution in [0, 0.1) is 5.92 Å². The van der Waals surface area contributed by atoms with Crippen molar-refractivity contribution in [3.05, 3.63) is 89.2 Å². The van der Waals surface area contributed by atoms with E-state index in [0.717, 1.165) is 40.3 Å². The van der Waals surface area contributed by atoms with E-state index in [1.54, 1.807) is 14.2 Å². The largest absolute Gasteiger partial charge is 0.493 e. The molecule has 0 fully saturated rings. The first-order valence-electron chi connectivity index (χ1n) is 11.2. The molecule has 1 atom stereocenters. The van der Waals surface area contributed by atoms with E-state index in [0.29, 0.717) is 12.5 Å². The van der Waals surface area contributed by atoms with E-state index in [1.807, 2.05) is 18.2 Å². The summed E-state index contributed by atoms with van der Waals surface area (Å²) in [5.41, 5.74) is 5.97. The minimum absolute atomic E-state index is 0.177. The summed E-state index contributed by atoms with van der Waals surface area (Å²) >= 11 is 0. The van der Waals surface area contributed by atoms with Crippen LogP contribution in [0.15, 0.2) is 66.7 Å². The maximum Gasteiger partial charge on any atom is 0.161 e. The molecule has 32 heavy (non-hydrogen) atoms. The summed E-state index contributed by atoms with van der Waals surface area (Å²) in [5.74, 6) is 3.38. The third-order valence-corrected chi connectivity index (χ3v) is 5.98. The summed E-state index contributed by atoms with van der Waals surface area (Å²) in [4.78, 5) is 5.04. The van der Waals surface area contributed by atoms with Crippen LogP contribution in [0.25, 0.3) is 11.0 Å². The Morgan fingerprint density at radius 3 is 2.19 bits per heavy atom. The number of aromatic nitrogens is 2. The van der Waals surface area contributed by atoms with Crippen LogP contribution in [0.3, 0.4) is 0 Å². The number of fused-ring (bicyclic) bond motifs is 1. The fourth-order valence-corrected chi connectivity index (χ4v) is 4.32. The van der Waals surface area contributed by atoms with Crippen molar-refractivity contribution in [2.75, 3.05) is 14.2 Å². The van der Waals surface area contributed by atoms with Gasteiger partial charge in [0.1, 0.15) is 5.82 Å². The average Bonchev–Trinajstić information content (AvgIpc) is 3.17. The molecule has 0 saturated heterocycles. The molecule has 1 heterocycles. The molecule has 3 aromatic carbocycles. The highest BCUT2D eigenvalue weighted by molar-refractivity contribution is 5.76. The lowest BCUT2D eigenvalue weighted by Crippen LogP contribution is -2.10. The van der Waals surface area contributed by atoms with Gasteiger partial charge in [0.2, 0.25) is 0 Å². The number of imidazole rings is 1. The summed E-state index contributed by atoms with van der Waals surface area (Å²) in [6.07, 6.45) is 1.10. The highest BCUT2D eigenvalue weighted by Gasteiger charge is 2.19. The number of hydrogen-bond acceptors (Lipinski definition) is 3. The number of rotatable bonds is 8. The average molecular weight is 429 g/mol. The van der Waals surface area contributed by atoms with E-state index in [1.165, 1.54) is 11.1 Å². The second-order valence-corrected chi connectivity index (χ2v) is 8.80. The molecule has 4 aromatic rings. The quantitative estimate of drug-likeness (QED) is 0.323. The maximum absolute atomic E-state index is 5.52. The molecule has 0 spiro atoms. The predicted octanol–water partition coefficient (Wildman–Crippen LogP) is 6.45. The first-order valence-corrected chi connectivity index (χ1v) is 11.2. The Labute approximate surface area is 190 Å². The molecule has 0 amide bonds. The molecule has 0 unspecified atom stereocenters. The topological polar surface area (TPSA) is 36.3 Å². The van der Waals surface area contributed by atoms with Gasteiger partial charge in [-0.15, -0.1) is 0 Å². The highest BCUT2D eigenvalue weighted by atomic mass is 16.5. The molecule has 0 saturated carbocycles.